The van der Waals surface area contributed by atoms with Gasteiger partial charge < -0.3 is 0 Å². The Morgan fingerprint density at radius 3 is 2.75 bits per heavy atom. The molecule has 2 rings (SSSR count). The summed E-state index contributed by atoms with van der Waals surface area (Å²) in [6.07, 6.45) is 0. The standard InChI is InChI=1S/C10H5F2/c11-8-4-5-9-7(6-8)2-1-3-10(9)12/h1,3-6H. The molecule has 0 aliphatic heterocycles. The number of rotatable bonds is 0. The fourth-order valence-corrected chi connectivity index (χ4v) is 1.14. The second-order valence-electron chi connectivity index (χ2n) is 2.52. The predicted octanol–water partition coefficient (Wildman–Crippen LogP) is 2.92. The Bertz CT molecular complexity index is 421. The van der Waals surface area contributed by atoms with Gasteiger partial charge in [0, 0.05) is 5.39 Å². The molecule has 0 atom stereocenters. The van der Waals surface area contributed by atoms with Gasteiger partial charge in [-0.25, -0.2) is 8.78 Å². The highest BCUT2D eigenvalue weighted by molar-refractivity contribution is 5.82. The van der Waals surface area contributed by atoms with Crippen LogP contribution in [0.4, 0.5) is 8.78 Å². The van der Waals surface area contributed by atoms with Crippen molar-refractivity contribution in [1.82, 2.24) is 0 Å². The van der Waals surface area contributed by atoms with Crippen LogP contribution in [-0.4, -0.2) is 0 Å². The first kappa shape index (κ1) is 7.22. The summed E-state index contributed by atoms with van der Waals surface area (Å²) < 4.78 is 25.6. The fraction of sp³-hybridized carbons (Fsp3) is 0. The third-order valence-corrected chi connectivity index (χ3v) is 1.71. The van der Waals surface area contributed by atoms with Gasteiger partial charge in [-0.2, -0.15) is 0 Å². The number of hydrogen-bond donors (Lipinski definition) is 0. The molecule has 0 heterocycles. The number of benzene rings is 2. The summed E-state index contributed by atoms with van der Waals surface area (Å²) in [5.74, 6) is -0.715. The van der Waals surface area contributed by atoms with E-state index < -0.39 is 0 Å². The Labute approximate surface area is 68.4 Å². The van der Waals surface area contributed by atoms with Gasteiger partial charge in [-0.1, -0.05) is 6.07 Å². The molecule has 0 aliphatic carbocycles. The second-order valence-corrected chi connectivity index (χ2v) is 2.52. The highest BCUT2D eigenvalue weighted by Crippen LogP contribution is 2.17. The largest absolute Gasteiger partial charge is 0.207 e. The van der Waals surface area contributed by atoms with Crippen LogP contribution in [0.2, 0.25) is 0 Å². The number of fused-ring (bicyclic) bond motifs is 1. The molecule has 0 bridgehead atoms. The molecule has 0 nitrogen and oxygen atoms in total. The highest BCUT2D eigenvalue weighted by atomic mass is 19.1. The summed E-state index contributed by atoms with van der Waals surface area (Å²) in [5, 5.41) is 0.869. The Balaban J connectivity index is 2.86. The van der Waals surface area contributed by atoms with Crippen molar-refractivity contribution in [2.24, 2.45) is 0 Å². The minimum atomic E-state index is -0.371. The van der Waals surface area contributed by atoms with E-state index >= 15 is 0 Å². The van der Waals surface area contributed by atoms with Gasteiger partial charge in [0.1, 0.15) is 11.6 Å². The summed E-state index contributed by atoms with van der Waals surface area (Å²) in [6.45, 7) is 0. The lowest BCUT2D eigenvalue weighted by Crippen LogP contribution is -1.80. The summed E-state index contributed by atoms with van der Waals surface area (Å²) in [4.78, 5) is 0. The van der Waals surface area contributed by atoms with Crippen molar-refractivity contribution >= 4 is 10.8 Å². The van der Waals surface area contributed by atoms with Gasteiger partial charge in [0.15, 0.2) is 0 Å². The Morgan fingerprint density at radius 1 is 1.08 bits per heavy atom. The van der Waals surface area contributed by atoms with Crippen LogP contribution in [0.1, 0.15) is 0 Å². The van der Waals surface area contributed by atoms with Gasteiger partial charge >= 0.3 is 0 Å². The third-order valence-electron chi connectivity index (χ3n) is 1.71. The molecular weight excluding hydrogens is 158 g/mol. The van der Waals surface area contributed by atoms with Crippen molar-refractivity contribution < 1.29 is 8.78 Å². The molecule has 0 unspecified atom stereocenters. The van der Waals surface area contributed by atoms with Crippen LogP contribution in [0.15, 0.2) is 30.3 Å². The maximum atomic E-state index is 13.0. The van der Waals surface area contributed by atoms with E-state index in [0.29, 0.717) is 10.8 Å². The van der Waals surface area contributed by atoms with Crippen LogP contribution in [0, 0.1) is 17.7 Å². The monoisotopic (exact) mass is 163 g/mol. The zero-order valence-electron chi connectivity index (χ0n) is 6.14. The zero-order valence-corrected chi connectivity index (χ0v) is 6.14. The van der Waals surface area contributed by atoms with Gasteiger partial charge in [0.2, 0.25) is 0 Å². The maximum Gasteiger partial charge on any atom is 0.131 e. The zero-order chi connectivity index (χ0) is 8.55. The first-order valence-electron chi connectivity index (χ1n) is 3.53. The van der Waals surface area contributed by atoms with E-state index in [2.05, 4.69) is 6.07 Å². The molecule has 1 radical (unpaired) electrons. The van der Waals surface area contributed by atoms with Crippen molar-refractivity contribution in [2.75, 3.05) is 0 Å². The smallest absolute Gasteiger partial charge is 0.131 e. The average Bonchev–Trinajstić information content (AvgIpc) is 2.04. The topological polar surface area (TPSA) is 0 Å². The molecule has 0 saturated heterocycles. The third kappa shape index (κ3) is 1.05. The molecule has 0 aliphatic rings. The molecule has 59 valence electrons. The van der Waals surface area contributed by atoms with Crippen LogP contribution in [0.25, 0.3) is 10.8 Å². The van der Waals surface area contributed by atoms with E-state index in [1.165, 1.54) is 30.3 Å². The fourth-order valence-electron chi connectivity index (χ4n) is 1.14. The van der Waals surface area contributed by atoms with Gasteiger partial charge in [-0.05, 0) is 35.7 Å². The van der Waals surface area contributed by atoms with E-state index in [9.17, 15) is 8.78 Å². The van der Waals surface area contributed by atoms with Crippen LogP contribution < -0.4 is 0 Å². The van der Waals surface area contributed by atoms with Crippen LogP contribution in [0.3, 0.4) is 0 Å². The Kier molecular flexibility index (Phi) is 1.54. The second kappa shape index (κ2) is 2.55. The minimum absolute atomic E-state index is 0.344. The lowest BCUT2D eigenvalue weighted by Gasteiger charge is -1.97. The Morgan fingerprint density at radius 2 is 1.92 bits per heavy atom. The van der Waals surface area contributed by atoms with E-state index in [1.54, 1.807) is 0 Å². The van der Waals surface area contributed by atoms with Gasteiger partial charge in [0.25, 0.3) is 0 Å². The highest BCUT2D eigenvalue weighted by Gasteiger charge is 1.99. The number of halogens is 2. The average molecular weight is 163 g/mol. The normalized spacial score (nSPS) is 10.5. The van der Waals surface area contributed by atoms with Gasteiger partial charge in [-0.3, -0.25) is 0 Å². The molecule has 0 amide bonds. The van der Waals surface area contributed by atoms with Gasteiger partial charge in [-0.15, -0.1) is 0 Å². The maximum absolute atomic E-state index is 13.0. The first-order valence-corrected chi connectivity index (χ1v) is 3.53. The molecule has 12 heavy (non-hydrogen) atoms. The molecule has 0 saturated carbocycles. The van der Waals surface area contributed by atoms with E-state index in [1.807, 2.05) is 0 Å². The van der Waals surface area contributed by atoms with Crippen molar-refractivity contribution in [3.63, 3.8) is 0 Å². The van der Waals surface area contributed by atoms with Crippen molar-refractivity contribution in [1.29, 1.82) is 0 Å². The summed E-state index contributed by atoms with van der Waals surface area (Å²) in [7, 11) is 0. The lowest BCUT2D eigenvalue weighted by molar-refractivity contribution is 0.627. The van der Waals surface area contributed by atoms with Crippen molar-refractivity contribution in [3.8, 4) is 0 Å². The van der Waals surface area contributed by atoms with Gasteiger partial charge in [0.05, 0.1) is 0 Å². The summed E-state index contributed by atoms with van der Waals surface area (Å²) >= 11 is 0. The summed E-state index contributed by atoms with van der Waals surface area (Å²) in [6, 6.07) is 9.41. The quantitative estimate of drug-likeness (QED) is 0.560. The minimum Gasteiger partial charge on any atom is -0.207 e. The van der Waals surface area contributed by atoms with Crippen LogP contribution in [-0.2, 0) is 0 Å². The molecule has 2 aromatic rings. The molecule has 0 fully saturated rings. The Hall–Kier alpha value is -1.44. The van der Waals surface area contributed by atoms with Crippen molar-refractivity contribution in [3.05, 3.63) is 48.0 Å². The molecule has 0 spiro atoms. The molecule has 0 N–H and O–H groups in total. The lowest BCUT2D eigenvalue weighted by atomic mass is 10.1. The van der Waals surface area contributed by atoms with E-state index in [-0.39, 0.29) is 11.6 Å². The van der Waals surface area contributed by atoms with Crippen molar-refractivity contribution in [2.45, 2.75) is 0 Å². The van der Waals surface area contributed by atoms with Crippen LogP contribution >= 0.6 is 0 Å². The van der Waals surface area contributed by atoms with Crippen LogP contribution in [0.5, 0.6) is 0 Å². The molecule has 2 aromatic carbocycles. The molecule has 0 aromatic heterocycles. The summed E-state index contributed by atoms with van der Waals surface area (Å²) in [5.41, 5.74) is 0. The van der Waals surface area contributed by atoms with E-state index in [0.717, 1.165) is 0 Å². The first-order chi connectivity index (χ1) is 5.77. The number of hydrogen-bond acceptors (Lipinski definition) is 0. The molecular formula is C10H5F2. The predicted molar refractivity (Wildman–Crippen MR) is 42.7 cm³/mol. The molecule has 2 heteroatoms. The SMILES string of the molecule is Fc1ccc2c(F)cc[c]c2c1. The van der Waals surface area contributed by atoms with E-state index in [4.69, 9.17) is 0 Å².